The van der Waals surface area contributed by atoms with Gasteiger partial charge in [-0.15, -0.1) is 11.6 Å². The van der Waals surface area contributed by atoms with E-state index in [1.165, 1.54) is 6.92 Å². The Kier molecular flexibility index (Phi) is 27.6. The minimum Gasteiger partial charge on any atom is -1.00 e. The molecule has 0 radical (unpaired) electrons. The molecule has 0 aromatic rings. The van der Waals surface area contributed by atoms with Gasteiger partial charge in [-0.2, -0.15) is 0 Å². The van der Waals surface area contributed by atoms with Crippen molar-refractivity contribution in [1.29, 1.82) is 0 Å². The van der Waals surface area contributed by atoms with Gasteiger partial charge in [0.15, 0.2) is 4.87 Å². The van der Waals surface area contributed by atoms with Gasteiger partial charge in [-0.3, -0.25) is 0 Å². The number of esters is 1. The fourth-order valence-electron chi connectivity index (χ4n) is 0.698. The molecule has 110 valence electrons. The number of alkyl halides is 1. The van der Waals surface area contributed by atoms with Crippen molar-refractivity contribution >= 4 is 17.6 Å². The summed E-state index contributed by atoms with van der Waals surface area (Å²) in [5, 5.41) is 10.9. The zero-order valence-electron chi connectivity index (χ0n) is 10.6. The van der Waals surface area contributed by atoms with E-state index in [0.717, 1.165) is 6.08 Å². The topological polar surface area (TPSA) is 58.6 Å². The summed E-state index contributed by atoms with van der Waals surface area (Å²) < 4.78 is 9.29. The average molecular weight is 388 g/mol. The van der Waals surface area contributed by atoms with Crippen molar-refractivity contribution in [2.45, 2.75) is 25.6 Å². The number of halogens is 4. The van der Waals surface area contributed by atoms with Crippen LogP contribution in [0.3, 0.4) is 0 Å². The van der Waals surface area contributed by atoms with Crippen LogP contribution < -0.4 is 42.3 Å². The first-order valence-corrected chi connectivity index (χ1v) is 4.95. The van der Waals surface area contributed by atoms with Crippen LogP contribution in [-0.2, 0) is 36.0 Å². The van der Waals surface area contributed by atoms with Gasteiger partial charge in [-0.05, 0) is 26.5 Å². The molecule has 0 fully saturated rings. The summed E-state index contributed by atoms with van der Waals surface area (Å²) in [5.41, 5.74) is 2.24. The monoisotopic (exact) mass is 386 g/mol. The summed E-state index contributed by atoms with van der Waals surface area (Å²) in [6.45, 7) is 5.24. The number of hydrogen-bond acceptors (Lipinski definition) is 4. The number of carbonyl (C=O) groups is 1. The second-order valence-electron chi connectivity index (χ2n) is 2.81. The van der Waals surface area contributed by atoms with Crippen LogP contribution in [0, 0.1) is 0 Å². The van der Waals surface area contributed by atoms with Crippen LogP contribution in [0.25, 0.3) is 0 Å². The van der Waals surface area contributed by atoms with Crippen molar-refractivity contribution in [2.75, 3.05) is 13.2 Å². The molecule has 0 saturated carbocycles. The maximum atomic E-state index is 11.3. The molecule has 0 aliphatic rings. The molecule has 0 aliphatic carbocycles. The smallest absolute Gasteiger partial charge is 1.00 e. The van der Waals surface area contributed by atoms with Gasteiger partial charge >= 0.3 is 27.7 Å². The molecule has 0 heterocycles. The molecule has 1 atom stereocenters. The van der Waals surface area contributed by atoms with Gasteiger partial charge in [-0.1, -0.05) is 12.7 Å². The van der Waals surface area contributed by atoms with Crippen molar-refractivity contribution in [3.8, 4) is 0 Å². The summed E-state index contributed by atoms with van der Waals surface area (Å²) in [5.74, 6) is -1.28. The third-order valence-corrected chi connectivity index (χ3v) is 1.67. The Morgan fingerprint density at radius 2 is 1.68 bits per heavy atom. The van der Waals surface area contributed by atoms with Crippen molar-refractivity contribution in [3.63, 3.8) is 0 Å². The fraction of sp³-hybridized carbons (Fsp3) is 0.600. The molecule has 0 bridgehead atoms. The predicted octanol–water partition coefficient (Wildman–Crippen LogP) is -8.05. The van der Waals surface area contributed by atoms with E-state index in [0.29, 0.717) is 0 Å². The van der Waals surface area contributed by atoms with Gasteiger partial charge in [0.2, 0.25) is 0 Å². The molecule has 4 nitrogen and oxygen atoms in total. The number of ether oxygens (including phenoxy) is 2. The summed E-state index contributed by atoms with van der Waals surface area (Å²) in [7, 11) is 0. The molecule has 0 N–H and O–H groups in total. The largest absolute Gasteiger partial charge is 4.00 e. The van der Waals surface area contributed by atoms with Crippen LogP contribution in [0.2, 0.25) is 0 Å². The maximum Gasteiger partial charge on any atom is 4.00 e. The minimum atomic E-state index is -1.39. The van der Waals surface area contributed by atoms with E-state index in [9.17, 15) is 9.90 Å². The molecule has 0 aromatic heterocycles. The first kappa shape index (κ1) is 31.7. The number of carbonyl (C=O) groups excluding carboxylic acids is 1. The number of rotatable bonds is 5. The summed E-state index contributed by atoms with van der Waals surface area (Å²) in [6.07, 6.45) is 1.13. The normalized spacial score (nSPS) is 10.5. The van der Waals surface area contributed by atoms with Gasteiger partial charge in [0.25, 0.3) is 0 Å². The molecule has 0 aliphatic heterocycles. The molecule has 0 aromatic carbocycles. The second kappa shape index (κ2) is 16.5. The van der Waals surface area contributed by atoms with Gasteiger partial charge in [-0.25, -0.2) is 4.79 Å². The second-order valence-corrected chi connectivity index (χ2v) is 3.59. The van der Waals surface area contributed by atoms with Crippen molar-refractivity contribution in [3.05, 3.63) is 17.8 Å². The van der Waals surface area contributed by atoms with Crippen LogP contribution in [0.1, 0.15) is 20.8 Å². The zero-order valence-corrected chi connectivity index (χ0v) is 15.2. The van der Waals surface area contributed by atoms with E-state index in [-0.39, 0.29) is 72.2 Å². The van der Waals surface area contributed by atoms with E-state index in [2.05, 4.69) is 10.5 Å². The Morgan fingerprint density at radius 3 is 2.05 bits per heavy atom. The Morgan fingerprint density at radius 1 is 1.26 bits per heavy atom. The van der Waals surface area contributed by atoms with Crippen LogP contribution in [0.4, 0.5) is 0 Å². The van der Waals surface area contributed by atoms with Crippen molar-refractivity contribution < 1.29 is 78.3 Å². The van der Waals surface area contributed by atoms with E-state index in [1.54, 1.807) is 13.8 Å². The van der Waals surface area contributed by atoms with Crippen LogP contribution in [-0.4, -0.2) is 24.1 Å². The third-order valence-electron chi connectivity index (χ3n) is 1.41. The van der Waals surface area contributed by atoms with Gasteiger partial charge in [0, 0.05) is 0 Å². The molecule has 0 spiro atoms. The molecule has 1 unspecified atom stereocenters. The summed E-state index contributed by atoms with van der Waals surface area (Å²) in [4.78, 5) is 9.87. The van der Waals surface area contributed by atoms with E-state index >= 15 is 0 Å². The molecular formula is C10H14Cl4O4Ti. The molecule has 9 heteroatoms. The van der Waals surface area contributed by atoms with E-state index in [4.69, 9.17) is 16.3 Å². The van der Waals surface area contributed by atoms with Crippen LogP contribution >= 0.6 is 11.6 Å². The Bertz CT molecular complexity index is 291. The van der Waals surface area contributed by atoms with E-state index in [1.807, 2.05) is 0 Å². The van der Waals surface area contributed by atoms with Crippen LogP contribution in [0.5, 0.6) is 0 Å². The maximum absolute atomic E-state index is 11.3. The minimum absolute atomic E-state index is 0. The fourth-order valence-corrected chi connectivity index (χ4v) is 0.807. The summed E-state index contributed by atoms with van der Waals surface area (Å²) in [6, 6.07) is 0. The van der Waals surface area contributed by atoms with Gasteiger partial charge in [0.1, 0.15) is 0 Å². The number of hydrogen-bond donors (Lipinski definition) is 0. The van der Waals surface area contributed by atoms with Crippen molar-refractivity contribution in [1.82, 2.24) is 0 Å². The van der Waals surface area contributed by atoms with E-state index < -0.39 is 16.8 Å². The SMILES string of the molecule is CCOC(=O)C(C)(Cl)C=C=C([O-])OCC.[Cl-].[Cl-].[Cl-].[Ti+4]. The Labute approximate surface area is 152 Å². The quantitative estimate of drug-likeness (QED) is 0.155. The molecule has 19 heavy (non-hydrogen) atoms. The first-order valence-electron chi connectivity index (χ1n) is 4.57. The first-order chi connectivity index (χ1) is 6.94. The third kappa shape index (κ3) is 14.7. The van der Waals surface area contributed by atoms with Crippen LogP contribution in [0.15, 0.2) is 17.8 Å². The zero-order chi connectivity index (χ0) is 11.9. The molecule has 0 amide bonds. The predicted molar refractivity (Wildman–Crippen MR) is 54.1 cm³/mol. The van der Waals surface area contributed by atoms with Gasteiger partial charge in [0.05, 0.1) is 12.6 Å². The Balaban J connectivity index is -0.000000163. The van der Waals surface area contributed by atoms with Gasteiger partial charge < -0.3 is 51.8 Å². The molecular weight excluding hydrogens is 374 g/mol. The summed E-state index contributed by atoms with van der Waals surface area (Å²) >= 11 is 5.81. The molecule has 0 rings (SSSR count). The standard InChI is InChI=1S/C10H15ClO4.3ClH.Ti/c1-4-14-8(12)6-7-10(3,11)9(13)15-5-2;;;;/h7,12H,4-5H2,1-3H3;3*1H;/q;;;;+4/p-4. The molecule has 0 saturated heterocycles. The average Bonchev–Trinajstić information content (AvgIpc) is 2.16. The van der Waals surface area contributed by atoms with Crippen molar-refractivity contribution in [2.24, 2.45) is 0 Å². The Hall–Kier alpha value is 0.464.